The molecule has 0 aliphatic rings. The number of hydrogen-bond donors (Lipinski definition) is 1. The summed E-state index contributed by atoms with van der Waals surface area (Å²) in [4.78, 5) is 29.2. The van der Waals surface area contributed by atoms with Gasteiger partial charge in [-0.2, -0.15) is 13.2 Å². The molecule has 0 bridgehead atoms. The summed E-state index contributed by atoms with van der Waals surface area (Å²) in [5, 5.41) is 5.72. The number of hydrogen-bond acceptors (Lipinski definition) is 7. The summed E-state index contributed by atoms with van der Waals surface area (Å²) >= 11 is 0. The Morgan fingerprint density at radius 3 is 2.60 bits per heavy atom. The van der Waals surface area contributed by atoms with Gasteiger partial charge < -0.3 is 18.9 Å². The van der Waals surface area contributed by atoms with Crippen molar-refractivity contribution in [3.8, 4) is 5.75 Å². The number of carbonyl (C=O) groups excluding carboxylic acids is 2. The maximum atomic E-state index is 13.1. The van der Waals surface area contributed by atoms with Gasteiger partial charge in [-0.05, 0) is 37.1 Å². The number of halogens is 3. The number of fused-ring (bicyclic) bond motifs is 1. The molecule has 0 unspecified atom stereocenters. The van der Waals surface area contributed by atoms with Crippen molar-refractivity contribution in [3.63, 3.8) is 0 Å². The Kier molecular flexibility index (Phi) is 8.15. The number of benzene rings is 1. The summed E-state index contributed by atoms with van der Waals surface area (Å²) in [6, 6.07) is 5.35. The number of aromatic nitrogens is 2. The first-order valence-electron chi connectivity index (χ1n) is 10.8. The van der Waals surface area contributed by atoms with Crippen LogP contribution in [0, 0.1) is 0 Å². The lowest BCUT2D eigenvalue weighted by Gasteiger charge is -2.18. The van der Waals surface area contributed by atoms with E-state index in [-0.39, 0.29) is 29.0 Å². The molecule has 0 spiro atoms. The number of rotatable bonds is 9. The third-order valence-corrected chi connectivity index (χ3v) is 5.13. The summed E-state index contributed by atoms with van der Waals surface area (Å²) in [5.74, 6) is 0.164. The average molecular weight is 494 g/mol. The van der Waals surface area contributed by atoms with E-state index in [1.807, 2.05) is 6.92 Å². The number of ether oxygens (including phenoxy) is 2. The lowest BCUT2D eigenvalue weighted by molar-refractivity contribution is -0.141. The van der Waals surface area contributed by atoms with Crippen molar-refractivity contribution in [2.75, 3.05) is 32.6 Å². The first-order chi connectivity index (χ1) is 16.7. The van der Waals surface area contributed by atoms with Gasteiger partial charge in [0.05, 0.1) is 24.7 Å². The maximum Gasteiger partial charge on any atom is 0.437 e. The standard InChI is InChI=1S/C23H25F3N4O5/c1-4-6-15-17(9-8-16-19(15)35-29-20(16)23(24,25)26)34-12-5-11-30(2)22(32)28-18-10-7-14(13-27-18)21(31)33-3/h7-10,13H,4-6,11-12H2,1-3H3,(H,27,28,32). The topological polar surface area (TPSA) is 107 Å². The van der Waals surface area contributed by atoms with Crippen LogP contribution in [-0.2, 0) is 17.3 Å². The van der Waals surface area contributed by atoms with Crippen molar-refractivity contribution in [2.24, 2.45) is 0 Å². The Hall–Kier alpha value is -3.83. The molecule has 1 aromatic carbocycles. The lowest BCUT2D eigenvalue weighted by Crippen LogP contribution is -2.33. The molecule has 35 heavy (non-hydrogen) atoms. The van der Waals surface area contributed by atoms with Crippen molar-refractivity contribution < 1.29 is 36.8 Å². The van der Waals surface area contributed by atoms with E-state index in [1.54, 1.807) is 7.05 Å². The van der Waals surface area contributed by atoms with Crippen LogP contribution in [-0.4, -0.2) is 54.4 Å². The number of aryl methyl sites for hydroxylation is 1. The largest absolute Gasteiger partial charge is 0.493 e. The molecule has 3 rings (SSSR count). The highest BCUT2D eigenvalue weighted by atomic mass is 19.4. The molecule has 188 valence electrons. The highest BCUT2D eigenvalue weighted by molar-refractivity contribution is 5.91. The maximum absolute atomic E-state index is 13.1. The number of pyridine rings is 1. The van der Waals surface area contributed by atoms with Gasteiger partial charge in [0.1, 0.15) is 11.6 Å². The molecule has 9 nitrogen and oxygen atoms in total. The smallest absolute Gasteiger partial charge is 0.437 e. The van der Waals surface area contributed by atoms with Crippen LogP contribution in [0.2, 0.25) is 0 Å². The molecule has 0 aliphatic carbocycles. The van der Waals surface area contributed by atoms with Gasteiger partial charge in [-0.3, -0.25) is 5.32 Å². The molecule has 0 radical (unpaired) electrons. The van der Waals surface area contributed by atoms with E-state index < -0.39 is 23.9 Å². The van der Waals surface area contributed by atoms with Gasteiger partial charge in [0, 0.05) is 25.4 Å². The normalized spacial score (nSPS) is 11.4. The molecule has 2 amide bonds. The number of urea groups is 1. The Balaban J connectivity index is 1.56. The Morgan fingerprint density at radius 2 is 1.97 bits per heavy atom. The molecular formula is C23H25F3N4O5. The van der Waals surface area contributed by atoms with Gasteiger partial charge >= 0.3 is 18.2 Å². The van der Waals surface area contributed by atoms with Gasteiger partial charge in [0.25, 0.3) is 0 Å². The van der Waals surface area contributed by atoms with Crippen molar-refractivity contribution in [1.82, 2.24) is 15.0 Å². The Labute approximate surface area is 199 Å². The molecule has 0 aliphatic heterocycles. The second-order valence-corrected chi connectivity index (χ2v) is 7.68. The summed E-state index contributed by atoms with van der Waals surface area (Å²) in [7, 11) is 2.86. The fourth-order valence-electron chi connectivity index (χ4n) is 3.36. The summed E-state index contributed by atoms with van der Waals surface area (Å²) in [5.41, 5.74) is -0.200. The van der Waals surface area contributed by atoms with Crippen molar-refractivity contribution in [1.29, 1.82) is 0 Å². The number of carbonyl (C=O) groups is 2. The number of alkyl halides is 3. The number of amides is 2. The third-order valence-electron chi connectivity index (χ3n) is 5.13. The third kappa shape index (κ3) is 6.19. The second kappa shape index (κ2) is 11.1. The SMILES string of the molecule is CCCc1c(OCCCN(C)C(=O)Nc2ccc(C(=O)OC)cn2)ccc2c(C(F)(F)F)noc12. The van der Waals surface area contributed by atoms with E-state index in [0.717, 1.165) is 0 Å². The Bertz CT molecular complexity index is 1180. The van der Waals surface area contributed by atoms with Gasteiger partial charge in [-0.15, -0.1) is 0 Å². The molecule has 0 saturated carbocycles. The van der Waals surface area contributed by atoms with Crippen LogP contribution in [0.5, 0.6) is 5.75 Å². The predicted octanol–water partition coefficient (Wildman–Crippen LogP) is 4.91. The molecule has 1 N–H and O–H groups in total. The molecule has 0 fully saturated rings. The monoisotopic (exact) mass is 494 g/mol. The van der Waals surface area contributed by atoms with Crippen LogP contribution in [0.3, 0.4) is 0 Å². The van der Waals surface area contributed by atoms with Crippen LogP contribution in [0.4, 0.5) is 23.8 Å². The zero-order valence-electron chi connectivity index (χ0n) is 19.4. The highest BCUT2D eigenvalue weighted by Crippen LogP contribution is 2.38. The summed E-state index contributed by atoms with van der Waals surface area (Å²) in [6.45, 7) is 2.47. The van der Waals surface area contributed by atoms with Crippen LogP contribution in [0.1, 0.15) is 41.4 Å². The molecule has 3 aromatic rings. The quantitative estimate of drug-likeness (QED) is 0.333. The average Bonchev–Trinajstić information content (AvgIpc) is 3.28. The molecular weight excluding hydrogens is 469 g/mol. The minimum atomic E-state index is -4.61. The van der Waals surface area contributed by atoms with Crippen molar-refractivity contribution >= 4 is 28.8 Å². The predicted molar refractivity (Wildman–Crippen MR) is 120 cm³/mol. The zero-order valence-corrected chi connectivity index (χ0v) is 19.4. The van der Waals surface area contributed by atoms with Crippen LogP contribution >= 0.6 is 0 Å². The van der Waals surface area contributed by atoms with Crippen LogP contribution < -0.4 is 10.1 Å². The van der Waals surface area contributed by atoms with E-state index in [1.165, 1.54) is 42.5 Å². The minimum Gasteiger partial charge on any atom is -0.493 e. The molecule has 12 heteroatoms. The fraction of sp³-hybridized carbons (Fsp3) is 0.391. The van der Waals surface area contributed by atoms with E-state index in [4.69, 9.17) is 9.26 Å². The van der Waals surface area contributed by atoms with E-state index in [0.29, 0.717) is 37.1 Å². The number of anilines is 1. The van der Waals surface area contributed by atoms with Crippen molar-refractivity contribution in [2.45, 2.75) is 32.4 Å². The van der Waals surface area contributed by atoms with Gasteiger partial charge in [-0.1, -0.05) is 18.5 Å². The second-order valence-electron chi connectivity index (χ2n) is 7.68. The molecule has 2 aromatic heterocycles. The lowest BCUT2D eigenvalue weighted by atomic mass is 10.0. The van der Waals surface area contributed by atoms with Crippen LogP contribution in [0.25, 0.3) is 11.0 Å². The van der Waals surface area contributed by atoms with E-state index in [2.05, 4.69) is 20.2 Å². The van der Waals surface area contributed by atoms with Gasteiger partial charge in [0.2, 0.25) is 0 Å². The summed E-state index contributed by atoms with van der Waals surface area (Å²) in [6.07, 6.45) is -1.71. The first-order valence-corrected chi connectivity index (χ1v) is 10.8. The van der Waals surface area contributed by atoms with E-state index >= 15 is 0 Å². The summed E-state index contributed by atoms with van der Waals surface area (Å²) < 4.78 is 54.9. The van der Waals surface area contributed by atoms with E-state index in [9.17, 15) is 22.8 Å². The van der Waals surface area contributed by atoms with Crippen molar-refractivity contribution in [3.05, 3.63) is 47.3 Å². The molecule has 0 atom stereocenters. The fourth-order valence-corrected chi connectivity index (χ4v) is 3.36. The van der Waals surface area contributed by atoms with Crippen LogP contribution in [0.15, 0.2) is 35.0 Å². The van der Waals surface area contributed by atoms with Gasteiger partial charge in [0.15, 0.2) is 11.3 Å². The zero-order chi connectivity index (χ0) is 25.6. The number of esters is 1. The number of nitrogens with one attached hydrogen (secondary N) is 1. The molecule has 2 heterocycles. The first kappa shape index (κ1) is 25.8. The number of nitrogens with zero attached hydrogens (tertiary/aromatic N) is 3. The minimum absolute atomic E-state index is 0.0684. The Morgan fingerprint density at radius 1 is 1.20 bits per heavy atom. The number of methoxy groups -OCH3 is 1. The van der Waals surface area contributed by atoms with Gasteiger partial charge in [-0.25, -0.2) is 14.6 Å². The molecule has 0 saturated heterocycles. The highest BCUT2D eigenvalue weighted by Gasteiger charge is 2.37.